The Labute approximate surface area is 101 Å². The molecule has 0 saturated heterocycles. The number of carbonyl (C=O) groups is 1. The third kappa shape index (κ3) is 2.02. The van der Waals surface area contributed by atoms with E-state index >= 15 is 0 Å². The second-order valence-corrected chi connectivity index (χ2v) is 4.44. The molecule has 2 aromatic rings. The number of aliphatic carboxylic acids is 1. The van der Waals surface area contributed by atoms with Crippen LogP contribution in [0.4, 0.5) is 0 Å². The van der Waals surface area contributed by atoms with Gasteiger partial charge in [0.05, 0.1) is 0 Å². The molecule has 0 atom stereocenters. The first-order valence-corrected chi connectivity index (χ1v) is 5.53. The predicted octanol–water partition coefficient (Wildman–Crippen LogP) is 3.04. The maximum Gasteiger partial charge on any atom is 0.328 e. The van der Waals surface area contributed by atoms with Gasteiger partial charge in [-0.1, -0.05) is 22.0 Å². The average Bonchev–Trinajstić information content (AvgIpc) is 2.53. The number of carboxylic acid groups (broad SMARTS) is 1. The Morgan fingerprint density at radius 3 is 2.94 bits per heavy atom. The lowest BCUT2D eigenvalue weighted by atomic mass is 10.1. The van der Waals surface area contributed by atoms with Gasteiger partial charge in [-0.05, 0) is 18.2 Å². The van der Waals surface area contributed by atoms with Gasteiger partial charge in [0.25, 0.3) is 0 Å². The third-order valence-electron chi connectivity index (χ3n) is 2.39. The smallest absolute Gasteiger partial charge is 0.328 e. The summed E-state index contributed by atoms with van der Waals surface area (Å²) >= 11 is 3.41. The number of fused-ring (bicyclic) bond motifs is 1. The molecule has 1 N–H and O–H groups in total. The minimum atomic E-state index is -0.936. The van der Waals surface area contributed by atoms with Crippen LogP contribution in [-0.2, 0) is 11.8 Å². The number of hydrogen-bond donors (Lipinski definition) is 1. The monoisotopic (exact) mass is 279 g/mol. The van der Waals surface area contributed by atoms with Crippen molar-refractivity contribution in [3.8, 4) is 0 Å². The molecule has 16 heavy (non-hydrogen) atoms. The molecule has 0 fully saturated rings. The van der Waals surface area contributed by atoms with Crippen LogP contribution in [0.15, 0.2) is 34.9 Å². The van der Waals surface area contributed by atoms with Crippen LogP contribution in [0.3, 0.4) is 0 Å². The quantitative estimate of drug-likeness (QED) is 0.859. The molecular weight excluding hydrogens is 270 g/mol. The first kappa shape index (κ1) is 11.0. The number of benzene rings is 1. The van der Waals surface area contributed by atoms with Crippen molar-refractivity contribution < 1.29 is 9.90 Å². The van der Waals surface area contributed by atoms with Crippen molar-refractivity contribution in [3.63, 3.8) is 0 Å². The molecular formula is C12H10BrNO2. The van der Waals surface area contributed by atoms with Crippen LogP contribution in [0.5, 0.6) is 0 Å². The van der Waals surface area contributed by atoms with E-state index in [0.717, 1.165) is 27.0 Å². The fraction of sp³-hybridized carbons (Fsp3) is 0.0833. The minimum Gasteiger partial charge on any atom is -0.478 e. The molecule has 0 saturated carbocycles. The van der Waals surface area contributed by atoms with Crippen LogP contribution >= 0.6 is 15.9 Å². The van der Waals surface area contributed by atoms with Gasteiger partial charge < -0.3 is 9.67 Å². The van der Waals surface area contributed by atoms with Gasteiger partial charge in [0.2, 0.25) is 0 Å². The average molecular weight is 280 g/mol. The van der Waals surface area contributed by atoms with E-state index in [0.29, 0.717) is 0 Å². The molecule has 3 nitrogen and oxygen atoms in total. The van der Waals surface area contributed by atoms with Crippen LogP contribution in [0.2, 0.25) is 0 Å². The van der Waals surface area contributed by atoms with Crippen LogP contribution < -0.4 is 0 Å². The summed E-state index contributed by atoms with van der Waals surface area (Å²) in [6.45, 7) is 0. The molecule has 0 amide bonds. The van der Waals surface area contributed by atoms with Gasteiger partial charge in [-0.25, -0.2) is 4.79 Å². The molecule has 0 aliphatic heterocycles. The number of aryl methyl sites for hydroxylation is 1. The van der Waals surface area contributed by atoms with Crippen molar-refractivity contribution in [1.82, 2.24) is 4.57 Å². The normalized spacial score (nSPS) is 11.4. The van der Waals surface area contributed by atoms with Crippen LogP contribution in [0.1, 0.15) is 5.56 Å². The van der Waals surface area contributed by atoms with Crippen molar-refractivity contribution in [2.75, 3.05) is 0 Å². The second kappa shape index (κ2) is 4.14. The fourth-order valence-electron chi connectivity index (χ4n) is 1.68. The molecule has 0 spiro atoms. The van der Waals surface area contributed by atoms with E-state index in [1.54, 1.807) is 6.08 Å². The van der Waals surface area contributed by atoms with Gasteiger partial charge in [-0.15, -0.1) is 0 Å². The molecule has 2 rings (SSSR count). The minimum absolute atomic E-state index is 0.910. The molecule has 0 aliphatic rings. The summed E-state index contributed by atoms with van der Waals surface area (Å²) < 4.78 is 2.98. The Hall–Kier alpha value is -1.55. The van der Waals surface area contributed by atoms with E-state index in [1.807, 2.05) is 36.0 Å². The number of aromatic nitrogens is 1. The Balaban J connectivity index is 2.59. The number of nitrogens with zero attached hydrogens (tertiary/aromatic N) is 1. The number of carboxylic acids is 1. The summed E-state index contributed by atoms with van der Waals surface area (Å²) in [6.07, 6.45) is 4.67. The Bertz CT molecular complexity index is 584. The number of hydrogen-bond acceptors (Lipinski definition) is 1. The van der Waals surface area contributed by atoms with Crippen LogP contribution in [0.25, 0.3) is 17.0 Å². The van der Waals surface area contributed by atoms with Gasteiger partial charge in [0.15, 0.2) is 0 Å². The van der Waals surface area contributed by atoms with Gasteiger partial charge in [-0.3, -0.25) is 0 Å². The Kier molecular flexibility index (Phi) is 2.83. The summed E-state index contributed by atoms with van der Waals surface area (Å²) in [6, 6.07) is 5.93. The molecule has 4 heteroatoms. The van der Waals surface area contributed by atoms with Crippen molar-refractivity contribution >= 4 is 38.9 Å². The zero-order chi connectivity index (χ0) is 11.7. The highest BCUT2D eigenvalue weighted by molar-refractivity contribution is 9.10. The maximum absolute atomic E-state index is 10.5. The first-order valence-electron chi connectivity index (χ1n) is 4.73. The molecule has 0 aliphatic carbocycles. The summed E-state index contributed by atoms with van der Waals surface area (Å²) in [5.41, 5.74) is 1.98. The van der Waals surface area contributed by atoms with E-state index < -0.39 is 5.97 Å². The van der Waals surface area contributed by atoms with E-state index in [-0.39, 0.29) is 0 Å². The molecule has 82 valence electrons. The molecule has 0 unspecified atom stereocenters. The van der Waals surface area contributed by atoms with Gasteiger partial charge in [-0.2, -0.15) is 0 Å². The van der Waals surface area contributed by atoms with E-state index in [9.17, 15) is 4.79 Å². The number of rotatable bonds is 2. The van der Waals surface area contributed by atoms with Crippen LogP contribution in [-0.4, -0.2) is 15.6 Å². The highest BCUT2D eigenvalue weighted by atomic mass is 79.9. The molecule has 1 aromatic carbocycles. The Morgan fingerprint density at radius 1 is 1.50 bits per heavy atom. The lowest BCUT2D eigenvalue weighted by molar-refractivity contribution is -0.131. The zero-order valence-corrected chi connectivity index (χ0v) is 10.2. The highest BCUT2D eigenvalue weighted by Crippen LogP contribution is 2.25. The summed E-state index contributed by atoms with van der Waals surface area (Å²) in [5, 5.41) is 9.64. The zero-order valence-electron chi connectivity index (χ0n) is 8.64. The fourth-order valence-corrected chi connectivity index (χ4v) is 2.03. The van der Waals surface area contributed by atoms with Crippen molar-refractivity contribution in [2.45, 2.75) is 0 Å². The lowest BCUT2D eigenvalue weighted by Crippen LogP contribution is -1.85. The van der Waals surface area contributed by atoms with E-state index in [2.05, 4.69) is 15.9 Å². The van der Waals surface area contributed by atoms with Crippen molar-refractivity contribution in [1.29, 1.82) is 0 Å². The molecule has 0 bridgehead atoms. The van der Waals surface area contributed by atoms with Gasteiger partial charge >= 0.3 is 5.97 Å². The standard InChI is InChI=1S/C12H10BrNO2/c1-14-7-8(2-5-12(15)16)10-4-3-9(13)6-11(10)14/h2-7H,1H3,(H,15,16)/b5-2-. The molecule has 1 heterocycles. The SMILES string of the molecule is Cn1cc(/C=C\C(=O)O)c2ccc(Br)cc21. The van der Waals surface area contributed by atoms with Crippen molar-refractivity contribution in [3.05, 3.63) is 40.5 Å². The predicted molar refractivity (Wildman–Crippen MR) is 67.3 cm³/mol. The second-order valence-electron chi connectivity index (χ2n) is 3.53. The summed E-state index contributed by atoms with van der Waals surface area (Å²) in [4.78, 5) is 10.5. The first-order chi connectivity index (χ1) is 7.58. The molecule has 0 radical (unpaired) electrons. The number of halogens is 1. The van der Waals surface area contributed by atoms with Gasteiger partial charge in [0.1, 0.15) is 0 Å². The Morgan fingerprint density at radius 2 is 2.25 bits per heavy atom. The maximum atomic E-state index is 10.5. The summed E-state index contributed by atoms with van der Waals surface area (Å²) in [7, 11) is 1.94. The van der Waals surface area contributed by atoms with Crippen molar-refractivity contribution in [2.24, 2.45) is 7.05 Å². The lowest BCUT2D eigenvalue weighted by Gasteiger charge is -1.96. The molecule has 1 aromatic heterocycles. The topological polar surface area (TPSA) is 42.2 Å². The third-order valence-corrected chi connectivity index (χ3v) is 2.88. The largest absolute Gasteiger partial charge is 0.478 e. The van der Waals surface area contributed by atoms with Crippen LogP contribution in [0, 0.1) is 0 Å². The summed E-state index contributed by atoms with van der Waals surface area (Å²) in [5.74, 6) is -0.936. The van der Waals surface area contributed by atoms with E-state index in [4.69, 9.17) is 5.11 Å². The highest BCUT2D eigenvalue weighted by Gasteiger charge is 2.04. The van der Waals surface area contributed by atoms with Gasteiger partial charge in [0, 0.05) is 40.3 Å². The van der Waals surface area contributed by atoms with E-state index in [1.165, 1.54) is 0 Å².